The van der Waals surface area contributed by atoms with Gasteiger partial charge in [0.25, 0.3) is 0 Å². The second-order valence-corrected chi connectivity index (χ2v) is 8.20. The molecule has 1 N–H and O–H groups in total. The third-order valence-electron chi connectivity index (χ3n) is 5.29. The van der Waals surface area contributed by atoms with Gasteiger partial charge in [-0.3, -0.25) is 4.90 Å². The number of carbonyl (C=O) groups is 2. The van der Waals surface area contributed by atoms with Crippen LogP contribution in [0, 0.1) is 0 Å². The average Bonchev–Trinajstić information content (AvgIpc) is 2.84. The second-order valence-electron chi connectivity index (χ2n) is 8.20. The summed E-state index contributed by atoms with van der Waals surface area (Å²) in [6.07, 6.45) is 1.67. The van der Waals surface area contributed by atoms with Crippen LogP contribution < -0.4 is 19.7 Å². The maximum absolute atomic E-state index is 12.8. The molecular weight excluding hydrogens is 434 g/mol. The van der Waals surface area contributed by atoms with Gasteiger partial charge in [0.15, 0.2) is 0 Å². The topological polar surface area (TPSA) is 90.0 Å². The van der Waals surface area contributed by atoms with Crippen molar-refractivity contribution in [1.82, 2.24) is 4.98 Å². The number of hydrogen-bond acceptors (Lipinski definition) is 6. The third kappa shape index (κ3) is 5.11. The first-order valence-corrected chi connectivity index (χ1v) is 11.1. The molecule has 8 nitrogen and oxygen atoms in total. The van der Waals surface area contributed by atoms with Crippen molar-refractivity contribution in [2.75, 3.05) is 30.0 Å². The minimum Gasteiger partial charge on any atom is -0.490 e. The molecular formula is C26H27N3O5. The normalized spacial score (nSPS) is 12.9. The Bertz CT molecular complexity index is 1160. The van der Waals surface area contributed by atoms with Gasteiger partial charge in [-0.15, -0.1) is 0 Å². The van der Waals surface area contributed by atoms with Crippen molar-refractivity contribution < 1.29 is 23.8 Å². The molecule has 0 bridgehead atoms. The smallest absolute Gasteiger partial charge is 0.349 e. The Balaban J connectivity index is 1.49. The van der Waals surface area contributed by atoms with Gasteiger partial charge in [-0.1, -0.05) is 24.3 Å². The van der Waals surface area contributed by atoms with E-state index in [2.05, 4.69) is 10.3 Å². The lowest BCUT2D eigenvalue weighted by Gasteiger charge is -2.30. The van der Waals surface area contributed by atoms with Crippen LogP contribution in [-0.2, 0) is 9.53 Å². The number of ether oxygens (including phenoxy) is 3. The van der Waals surface area contributed by atoms with Crippen molar-refractivity contribution in [2.45, 2.75) is 26.4 Å². The number of benzene rings is 2. The average molecular weight is 462 g/mol. The van der Waals surface area contributed by atoms with E-state index in [9.17, 15) is 9.59 Å². The van der Waals surface area contributed by atoms with E-state index in [1.807, 2.05) is 54.6 Å². The molecule has 3 aromatic rings. The van der Waals surface area contributed by atoms with Crippen LogP contribution in [0.5, 0.6) is 11.6 Å². The van der Waals surface area contributed by atoms with Crippen LogP contribution in [0.4, 0.5) is 16.2 Å². The summed E-state index contributed by atoms with van der Waals surface area (Å²) in [4.78, 5) is 30.9. The molecule has 0 saturated carbocycles. The molecule has 8 heteroatoms. The third-order valence-corrected chi connectivity index (χ3v) is 5.29. The zero-order chi connectivity index (χ0) is 24.1. The van der Waals surface area contributed by atoms with Crippen LogP contribution in [0.3, 0.4) is 0 Å². The fraction of sp³-hybridized carbons (Fsp3) is 0.269. The van der Waals surface area contributed by atoms with E-state index in [1.54, 1.807) is 37.9 Å². The summed E-state index contributed by atoms with van der Waals surface area (Å²) in [5.74, 6) is 0.490. The number of esters is 1. The number of para-hydroxylation sites is 1. The maximum Gasteiger partial charge on any atom is 0.349 e. The van der Waals surface area contributed by atoms with Gasteiger partial charge < -0.3 is 19.5 Å². The monoisotopic (exact) mass is 461 g/mol. The molecule has 0 spiro atoms. The highest BCUT2D eigenvalue weighted by atomic mass is 16.6. The first-order chi connectivity index (χ1) is 16.4. The zero-order valence-electron chi connectivity index (χ0n) is 19.4. The SMILES string of the molecule is CCOC(=O)C(C)(C)Oc1ccc(-c2ccc3c(c2)OCCN3C(=O)Nc2ccccc2)cn1. The largest absolute Gasteiger partial charge is 0.490 e. The molecule has 0 radical (unpaired) electrons. The lowest BCUT2D eigenvalue weighted by Crippen LogP contribution is -2.40. The first-order valence-electron chi connectivity index (χ1n) is 11.1. The van der Waals surface area contributed by atoms with Crippen LogP contribution in [0.25, 0.3) is 11.1 Å². The first kappa shape index (κ1) is 23.1. The van der Waals surface area contributed by atoms with Crippen LogP contribution in [0.1, 0.15) is 20.8 Å². The summed E-state index contributed by atoms with van der Waals surface area (Å²) in [6.45, 7) is 6.16. The van der Waals surface area contributed by atoms with Crippen molar-refractivity contribution in [3.63, 3.8) is 0 Å². The number of anilines is 2. The molecule has 1 aromatic heterocycles. The zero-order valence-corrected chi connectivity index (χ0v) is 19.4. The Labute approximate surface area is 198 Å². The predicted molar refractivity (Wildman–Crippen MR) is 129 cm³/mol. The quantitative estimate of drug-likeness (QED) is 0.525. The van der Waals surface area contributed by atoms with E-state index in [0.717, 1.165) is 16.8 Å². The number of amides is 2. The predicted octanol–water partition coefficient (Wildman–Crippen LogP) is 4.90. The molecule has 0 aliphatic carbocycles. The van der Waals surface area contributed by atoms with E-state index in [1.165, 1.54) is 0 Å². The number of nitrogens with one attached hydrogen (secondary N) is 1. The Morgan fingerprint density at radius 2 is 1.85 bits per heavy atom. The summed E-state index contributed by atoms with van der Waals surface area (Å²) in [6, 6.07) is 18.3. The number of aromatic nitrogens is 1. The number of hydrogen-bond donors (Lipinski definition) is 1. The van der Waals surface area contributed by atoms with Gasteiger partial charge in [-0.25, -0.2) is 14.6 Å². The second kappa shape index (κ2) is 9.82. The molecule has 1 aliphatic heterocycles. The lowest BCUT2D eigenvalue weighted by molar-refractivity contribution is -0.158. The Morgan fingerprint density at radius 1 is 1.09 bits per heavy atom. The van der Waals surface area contributed by atoms with Gasteiger partial charge in [0.1, 0.15) is 12.4 Å². The molecule has 176 valence electrons. The van der Waals surface area contributed by atoms with Gasteiger partial charge in [0.05, 0.1) is 18.8 Å². The summed E-state index contributed by atoms with van der Waals surface area (Å²) < 4.78 is 16.6. The van der Waals surface area contributed by atoms with Crippen molar-refractivity contribution >= 4 is 23.4 Å². The highest BCUT2D eigenvalue weighted by Crippen LogP contribution is 2.36. The Morgan fingerprint density at radius 3 is 2.56 bits per heavy atom. The van der Waals surface area contributed by atoms with Crippen LogP contribution in [0.15, 0.2) is 66.9 Å². The highest BCUT2D eigenvalue weighted by Gasteiger charge is 2.32. The van der Waals surface area contributed by atoms with Crippen molar-refractivity contribution in [1.29, 1.82) is 0 Å². The Hall–Kier alpha value is -4.07. The van der Waals surface area contributed by atoms with Crippen LogP contribution in [-0.4, -0.2) is 42.3 Å². The number of carbonyl (C=O) groups excluding carboxylic acids is 2. The number of fused-ring (bicyclic) bond motifs is 1. The molecule has 0 saturated heterocycles. The van der Waals surface area contributed by atoms with E-state index < -0.39 is 11.6 Å². The van der Waals surface area contributed by atoms with Gasteiger partial charge in [-0.2, -0.15) is 0 Å². The standard InChI is InChI=1S/C26H27N3O5/c1-4-32-24(30)26(2,3)34-23-13-11-19(17-27-23)18-10-12-21-22(16-18)33-15-14-29(21)25(31)28-20-8-6-5-7-9-20/h5-13,16-17H,4,14-15H2,1-3H3,(H,28,31). The fourth-order valence-electron chi connectivity index (χ4n) is 3.54. The van der Waals surface area contributed by atoms with Gasteiger partial charge in [0, 0.05) is 23.5 Å². The lowest BCUT2D eigenvalue weighted by atomic mass is 10.1. The van der Waals surface area contributed by atoms with E-state index in [0.29, 0.717) is 30.5 Å². The Kier molecular flexibility index (Phi) is 6.67. The number of nitrogens with zero attached hydrogens (tertiary/aromatic N) is 2. The van der Waals surface area contributed by atoms with Crippen molar-refractivity contribution in [2.24, 2.45) is 0 Å². The van der Waals surface area contributed by atoms with Gasteiger partial charge >= 0.3 is 12.0 Å². The number of urea groups is 1. The van der Waals surface area contributed by atoms with Gasteiger partial charge in [0.2, 0.25) is 11.5 Å². The molecule has 0 fully saturated rings. The molecule has 0 atom stereocenters. The molecule has 2 amide bonds. The fourth-order valence-corrected chi connectivity index (χ4v) is 3.54. The summed E-state index contributed by atoms with van der Waals surface area (Å²) in [5, 5.41) is 2.91. The molecule has 2 aromatic carbocycles. The van der Waals surface area contributed by atoms with Crippen molar-refractivity contribution in [3.05, 3.63) is 66.9 Å². The number of pyridine rings is 1. The molecule has 1 aliphatic rings. The highest BCUT2D eigenvalue weighted by molar-refractivity contribution is 6.03. The molecule has 2 heterocycles. The van der Waals surface area contributed by atoms with Crippen LogP contribution >= 0.6 is 0 Å². The summed E-state index contributed by atoms with van der Waals surface area (Å²) in [7, 11) is 0. The van der Waals surface area contributed by atoms with E-state index >= 15 is 0 Å². The summed E-state index contributed by atoms with van der Waals surface area (Å²) >= 11 is 0. The van der Waals surface area contributed by atoms with E-state index in [4.69, 9.17) is 14.2 Å². The van der Waals surface area contributed by atoms with Crippen LogP contribution in [0.2, 0.25) is 0 Å². The molecule has 4 rings (SSSR count). The number of rotatable bonds is 6. The minimum absolute atomic E-state index is 0.212. The molecule has 0 unspecified atom stereocenters. The van der Waals surface area contributed by atoms with E-state index in [-0.39, 0.29) is 12.6 Å². The minimum atomic E-state index is -1.14. The summed E-state index contributed by atoms with van der Waals surface area (Å²) in [5.41, 5.74) is 2.02. The maximum atomic E-state index is 12.8. The van der Waals surface area contributed by atoms with Gasteiger partial charge in [-0.05, 0) is 56.7 Å². The molecule has 34 heavy (non-hydrogen) atoms. The van der Waals surface area contributed by atoms with Crippen molar-refractivity contribution in [3.8, 4) is 22.8 Å².